The second kappa shape index (κ2) is 7.74. The minimum atomic E-state index is -0.233. The molecule has 1 heterocycles. The van der Waals surface area contributed by atoms with Gasteiger partial charge < -0.3 is 9.88 Å². The first-order valence-electron chi connectivity index (χ1n) is 8.52. The molecule has 25 heavy (non-hydrogen) atoms. The van der Waals surface area contributed by atoms with Crippen molar-refractivity contribution in [3.05, 3.63) is 54.6 Å². The number of imidazole rings is 1. The van der Waals surface area contributed by atoms with Gasteiger partial charge in [-0.3, -0.25) is 4.79 Å². The molecule has 0 radical (unpaired) electrons. The molecule has 0 saturated carbocycles. The number of anilines is 1. The standard InChI is InChI=1S/C20H23N3OS/c1-14(2)13-23-18-12-8-7-11-17(18)22-20(23)25-15(3)19(24)21-16-9-5-4-6-10-16/h4-12,14-15H,13H2,1-3H3,(H,21,24)/t15-/m1/s1. The van der Waals surface area contributed by atoms with Gasteiger partial charge in [-0.2, -0.15) is 0 Å². The summed E-state index contributed by atoms with van der Waals surface area (Å²) in [7, 11) is 0. The minimum absolute atomic E-state index is 0.0145. The first-order valence-corrected chi connectivity index (χ1v) is 9.40. The van der Waals surface area contributed by atoms with Crippen LogP contribution in [0.4, 0.5) is 5.69 Å². The van der Waals surface area contributed by atoms with Crippen LogP contribution in [0.3, 0.4) is 0 Å². The molecule has 0 aliphatic rings. The van der Waals surface area contributed by atoms with Crippen LogP contribution in [0, 0.1) is 5.92 Å². The fourth-order valence-electron chi connectivity index (χ4n) is 2.66. The first-order chi connectivity index (χ1) is 12.0. The summed E-state index contributed by atoms with van der Waals surface area (Å²) < 4.78 is 2.22. The van der Waals surface area contributed by atoms with Crippen molar-refractivity contribution in [2.24, 2.45) is 5.92 Å². The lowest BCUT2D eigenvalue weighted by Crippen LogP contribution is -2.23. The lowest BCUT2D eigenvalue weighted by atomic mass is 10.2. The van der Waals surface area contributed by atoms with E-state index in [0.29, 0.717) is 5.92 Å². The quantitative estimate of drug-likeness (QED) is 0.647. The normalized spacial score (nSPS) is 12.5. The predicted octanol–water partition coefficient (Wildman–Crippen LogP) is 4.81. The first kappa shape index (κ1) is 17.5. The van der Waals surface area contributed by atoms with Crippen molar-refractivity contribution in [1.82, 2.24) is 9.55 Å². The number of amides is 1. The number of nitrogens with zero attached hydrogens (tertiary/aromatic N) is 2. The van der Waals surface area contributed by atoms with Gasteiger partial charge in [0.15, 0.2) is 5.16 Å². The van der Waals surface area contributed by atoms with Gasteiger partial charge in [-0.1, -0.05) is 55.9 Å². The monoisotopic (exact) mass is 353 g/mol. The van der Waals surface area contributed by atoms with E-state index in [1.165, 1.54) is 11.8 Å². The van der Waals surface area contributed by atoms with E-state index in [-0.39, 0.29) is 11.2 Å². The molecule has 3 aromatic rings. The number of carbonyl (C=O) groups is 1. The molecule has 0 fully saturated rings. The fraction of sp³-hybridized carbons (Fsp3) is 0.300. The van der Waals surface area contributed by atoms with Crippen LogP contribution >= 0.6 is 11.8 Å². The molecule has 0 aliphatic carbocycles. The summed E-state index contributed by atoms with van der Waals surface area (Å²) >= 11 is 1.51. The van der Waals surface area contributed by atoms with Crippen molar-refractivity contribution >= 4 is 34.4 Å². The number of rotatable bonds is 6. The topological polar surface area (TPSA) is 46.9 Å². The Labute approximate surface area is 152 Å². The molecule has 3 rings (SSSR count). The Balaban J connectivity index is 1.80. The van der Waals surface area contributed by atoms with Gasteiger partial charge in [0.1, 0.15) is 0 Å². The summed E-state index contributed by atoms with van der Waals surface area (Å²) in [6.45, 7) is 7.18. The second-order valence-electron chi connectivity index (χ2n) is 6.50. The number of benzene rings is 2. The molecule has 4 nitrogen and oxygen atoms in total. The number of aromatic nitrogens is 2. The van der Waals surface area contributed by atoms with Crippen LogP contribution in [0.15, 0.2) is 59.8 Å². The Bertz CT molecular complexity index is 858. The van der Waals surface area contributed by atoms with E-state index >= 15 is 0 Å². The highest BCUT2D eigenvalue weighted by Crippen LogP contribution is 2.28. The molecule has 130 valence electrons. The van der Waals surface area contributed by atoms with E-state index in [2.05, 4.69) is 29.8 Å². The third-order valence-electron chi connectivity index (χ3n) is 3.86. The summed E-state index contributed by atoms with van der Waals surface area (Å²) in [5.41, 5.74) is 2.91. The van der Waals surface area contributed by atoms with Crippen LogP contribution in [0.5, 0.6) is 0 Å². The Kier molecular flexibility index (Phi) is 5.43. The molecule has 0 bridgehead atoms. The average molecular weight is 353 g/mol. The van der Waals surface area contributed by atoms with Crippen LogP contribution in [-0.4, -0.2) is 20.7 Å². The molecule has 0 saturated heterocycles. The van der Waals surface area contributed by atoms with Gasteiger partial charge >= 0.3 is 0 Å². The number of fused-ring (bicyclic) bond motifs is 1. The number of hydrogen-bond donors (Lipinski definition) is 1. The molecule has 1 amide bonds. The largest absolute Gasteiger partial charge is 0.325 e. The highest BCUT2D eigenvalue weighted by atomic mass is 32.2. The summed E-state index contributed by atoms with van der Waals surface area (Å²) in [4.78, 5) is 17.2. The maximum Gasteiger partial charge on any atom is 0.237 e. The average Bonchev–Trinajstić information content (AvgIpc) is 2.92. The van der Waals surface area contributed by atoms with Crippen LogP contribution in [0.2, 0.25) is 0 Å². The van der Waals surface area contributed by atoms with Crippen molar-refractivity contribution in [2.75, 3.05) is 5.32 Å². The molecule has 2 aromatic carbocycles. The Hall–Kier alpha value is -2.27. The van der Waals surface area contributed by atoms with Gasteiger partial charge in [-0.15, -0.1) is 0 Å². The van der Waals surface area contributed by atoms with Crippen molar-refractivity contribution in [1.29, 1.82) is 0 Å². The molecule has 1 N–H and O–H groups in total. The summed E-state index contributed by atoms with van der Waals surface area (Å²) in [5.74, 6) is 0.491. The van der Waals surface area contributed by atoms with Crippen molar-refractivity contribution in [2.45, 2.75) is 37.7 Å². The van der Waals surface area contributed by atoms with Gasteiger partial charge in [0.25, 0.3) is 0 Å². The third-order valence-corrected chi connectivity index (χ3v) is 4.95. The number of thioether (sulfide) groups is 1. The zero-order chi connectivity index (χ0) is 17.8. The van der Waals surface area contributed by atoms with E-state index in [1.54, 1.807) is 0 Å². The van der Waals surface area contributed by atoms with E-state index < -0.39 is 0 Å². The van der Waals surface area contributed by atoms with Gasteiger partial charge in [0.05, 0.1) is 16.3 Å². The molecular formula is C20H23N3OS. The van der Waals surface area contributed by atoms with Gasteiger partial charge in [0.2, 0.25) is 5.91 Å². The summed E-state index contributed by atoms with van der Waals surface area (Å²) in [5, 5.41) is 3.62. The lowest BCUT2D eigenvalue weighted by Gasteiger charge is -2.15. The summed E-state index contributed by atoms with van der Waals surface area (Å²) in [6.07, 6.45) is 0. The number of carbonyl (C=O) groups excluding carboxylic acids is 1. The zero-order valence-corrected chi connectivity index (χ0v) is 15.6. The van der Waals surface area contributed by atoms with Crippen LogP contribution < -0.4 is 5.32 Å². The van der Waals surface area contributed by atoms with Crippen molar-refractivity contribution in [3.63, 3.8) is 0 Å². The molecule has 1 aromatic heterocycles. The Morgan fingerprint density at radius 2 is 1.76 bits per heavy atom. The van der Waals surface area contributed by atoms with Gasteiger partial charge in [-0.25, -0.2) is 4.98 Å². The fourth-order valence-corrected chi connectivity index (χ4v) is 3.60. The zero-order valence-electron chi connectivity index (χ0n) is 14.8. The van der Waals surface area contributed by atoms with E-state index in [0.717, 1.165) is 28.4 Å². The van der Waals surface area contributed by atoms with Crippen LogP contribution in [-0.2, 0) is 11.3 Å². The predicted molar refractivity (Wildman–Crippen MR) is 105 cm³/mol. The molecule has 0 spiro atoms. The lowest BCUT2D eigenvalue weighted by molar-refractivity contribution is -0.115. The maximum absolute atomic E-state index is 12.5. The minimum Gasteiger partial charge on any atom is -0.325 e. The van der Waals surface area contributed by atoms with Crippen molar-refractivity contribution in [3.8, 4) is 0 Å². The van der Waals surface area contributed by atoms with Crippen molar-refractivity contribution < 1.29 is 4.79 Å². The maximum atomic E-state index is 12.5. The second-order valence-corrected chi connectivity index (χ2v) is 7.81. The SMILES string of the molecule is CC(C)Cn1c(S[C@H](C)C(=O)Nc2ccccc2)nc2ccccc21. The van der Waals surface area contributed by atoms with Crippen LogP contribution in [0.1, 0.15) is 20.8 Å². The highest BCUT2D eigenvalue weighted by molar-refractivity contribution is 8.00. The number of para-hydroxylation sites is 3. The van der Waals surface area contributed by atoms with E-state index in [9.17, 15) is 4.79 Å². The third kappa shape index (κ3) is 4.23. The number of nitrogens with one attached hydrogen (secondary N) is 1. The Morgan fingerprint density at radius 3 is 2.48 bits per heavy atom. The molecule has 5 heteroatoms. The molecule has 0 aliphatic heterocycles. The van der Waals surface area contributed by atoms with E-state index in [4.69, 9.17) is 4.98 Å². The smallest absolute Gasteiger partial charge is 0.237 e. The molecular weight excluding hydrogens is 330 g/mol. The van der Waals surface area contributed by atoms with Gasteiger partial charge in [-0.05, 0) is 37.1 Å². The van der Waals surface area contributed by atoms with Gasteiger partial charge in [0, 0.05) is 12.2 Å². The Morgan fingerprint density at radius 1 is 1.08 bits per heavy atom. The van der Waals surface area contributed by atoms with Crippen LogP contribution in [0.25, 0.3) is 11.0 Å². The molecule has 1 atom stereocenters. The molecule has 0 unspecified atom stereocenters. The number of hydrogen-bond acceptors (Lipinski definition) is 3. The highest BCUT2D eigenvalue weighted by Gasteiger charge is 2.20. The summed E-state index contributed by atoms with van der Waals surface area (Å²) in [6, 6.07) is 17.7. The van der Waals surface area contributed by atoms with E-state index in [1.807, 2.05) is 55.5 Å².